The fourth-order valence-corrected chi connectivity index (χ4v) is 2.45. The predicted octanol–water partition coefficient (Wildman–Crippen LogP) is 3.95. The predicted molar refractivity (Wildman–Crippen MR) is 73.1 cm³/mol. The number of carbonyl (C=O) groups excluding carboxylic acids is 1. The Labute approximate surface area is 109 Å². The van der Waals surface area contributed by atoms with Crippen LogP contribution in [0, 0.1) is 0 Å². The summed E-state index contributed by atoms with van der Waals surface area (Å²) in [5.74, 6) is 0.735. The summed E-state index contributed by atoms with van der Waals surface area (Å²) < 4.78 is 5.54. The van der Waals surface area contributed by atoms with Crippen molar-refractivity contribution < 1.29 is 9.53 Å². The normalized spacial score (nSPS) is 16.4. The zero-order valence-electron chi connectivity index (χ0n) is 11.5. The van der Waals surface area contributed by atoms with Crippen molar-refractivity contribution in [1.82, 2.24) is 0 Å². The van der Waals surface area contributed by atoms with E-state index in [1.807, 2.05) is 39.0 Å². The molecule has 2 nitrogen and oxygen atoms in total. The van der Waals surface area contributed by atoms with Gasteiger partial charge >= 0.3 is 0 Å². The van der Waals surface area contributed by atoms with Crippen LogP contribution in [0.25, 0.3) is 0 Å². The fourth-order valence-electron chi connectivity index (χ4n) is 2.45. The van der Waals surface area contributed by atoms with Gasteiger partial charge in [0.25, 0.3) is 0 Å². The average Bonchev–Trinajstić information content (AvgIpc) is 2.26. The summed E-state index contributed by atoms with van der Waals surface area (Å²) >= 11 is 0. The molecule has 98 valence electrons. The lowest BCUT2D eigenvalue weighted by atomic mass is 9.79. The van der Waals surface area contributed by atoms with Gasteiger partial charge in [0.05, 0.1) is 0 Å². The van der Waals surface area contributed by atoms with Gasteiger partial charge in [-0.3, -0.25) is 4.79 Å². The first kappa shape index (κ1) is 13.3. The first-order chi connectivity index (χ1) is 8.54. The summed E-state index contributed by atoms with van der Waals surface area (Å²) in [7, 11) is 0. The standard InChI is InChI=1S/C16H22O2/c1-4-18-16(2,3)15(17)14-10-6-9-13(11-14)12-7-5-8-12/h6,9-12H,4-5,7-8H2,1-3H3. The van der Waals surface area contributed by atoms with Crippen LogP contribution in [0.4, 0.5) is 0 Å². The molecule has 0 amide bonds. The average molecular weight is 246 g/mol. The SMILES string of the molecule is CCOC(C)(C)C(=O)c1cccc(C2CCC2)c1. The third-order valence-electron chi connectivity index (χ3n) is 3.78. The van der Waals surface area contributed by atoms with Crippen LogP contribution in [0.2, 0.25) is 0 Å². The maximum absolute atomic E-state index is 12.4. The summed E-state index contributed by atoms with van der Waals surface area (Å²) in [5, 5.41) is 0. The highest BCUT2D eigenvalue weighted by Crippen LogP contribution is 2.36. The van der Waals surface area contributed by atoms with Crippen LogP contribution in [0.5, 0.6) is 0 Å². The minimum atomic E-state index is -0.729. The van der Waals surface area contributed by atoms with Crippen molar-refractivity contribution in [2.45, 2.75) is 51.6 Å². The van der Waals surface area contributed by atoms with Crippen LogP contribution in [-0.2, 0) is 4.74 Å². The summed E-state index contributed by atoms with van der Waals surface area (Å²) in [6.45, 7) is 6.16. The van der Waals surface area contributed by atoms with Gasteiger partial charge in [0.2, 0.25) is 0 Å². The molecule has 1 saturated carbocycles. The lowest BCUT2D eigenvalue weighted by Crippen LogP contribution is -2.35. The van der Waals surface area contributed by atoms with Crippen molar-refractivity contribution in [1.29, 1.82) is 0 Å². The Balaban J connectivity index is 2.19. The monoisotopic (exact) mass is 246 g/mol. The van der Waals surface area contributed by atoms with E-state index in [9.17, 15) is 4.79 Å². The number of rotatable bonds is 5. The zero-order valence-corrected chi connectivity index (χ0v) is 11.5. The van der Waals surface area contributed by atoms with Gasteiger partial charge in [-0.1, -0.05) is 24.6 Å². The Morgan fingerprint density at radius 3 is 2.67 bits per heavy atom. The van der Waals surface area contributed by atoms with E-state index < -0.39 is 5.60 Å². The molecule has 0 radical (unpaired) electrons. The number of benzene rings is 1. The lowest BCUT2D eigenvalue weighted by Gasteiger charge is -2.27. The fraction of sp³-hybridized carbons (Fsp3) is 0.562. The van der Waals surface area contributed by atoms with Crippen molar-refractivity contribution in [2.24, 2.45) is 0 Å². The van der Waals surface area contributed by atoms with Crippen molar-refractivity contribution in [3.8, 4) is 0 Å². The number of hydrogen-bond donors (Lipinski definition) is 0. The van der Waals surface area contributed by atoms with Crippen LogP contribution in [0.15, 0.2) is 24.3 Å². The molecule has 1 aliphatic rings. The molecule has 2 heteroatoms. The number of carbonyl (C=O) groups is 1. The first-order valence-corrected chi connectivity index (χ1v) is 6.83. The molecule has 0 unspecified atom stereocenters. The zero-order chi connectivity index (χ0) is 13.2. The number of hydrogen-bond acceptors (Lipinski definition) is 2. The summed E-state index contributed by atoms with van der Waals surface area (Å²) in [5.41, 5.74) is 1.35. The van der Waals surface area contributed by atoms with Crippen molar-refractivity contribution >= 4 is 5.78 Å². The van der Waals surface area contributed by atoms with Gasteiger partial charge in [-0.2, -0.15) is 0 Å². The largest absolute Gasteiger partial charge is 0.368 e. The molecule has 0 atom stereocenters. The number of Topliss-reactive ketones (excluding diaryl/α,β-unsaturated/α-hetero) is 1. The second-order valence-corrected chi connectivity index (χ2v) is 5.53. The molecule has 0 aromatic heterocycles. The molecule has 0 bridgehead atoms. The van der Waals surface area contributed by atoms with Gasteiger partial charge in [0.15, 0.2) is 5.78 Å². The van der Waals surface area contributed by atoms with Gasteiger partial charge in [-0.05, 0) is 51.2 Å². The molecule has 0 aliphatic heterocycles. The molecular formula is C16H22O2. The van der Waals surface area contributed by atoms with Gasteiger partial charge in [-0.25, -0.2) is 0 Å². The van der Waals surface area contributed by atoms with Crippen LogP contribution < -0.4 is 0 Å². The Kier molecular flexibility index (Phi) is 3.86. The lowest BCUT2D eigenvalue weighted by molar-refractivity contribution is 0.00125. The number of ether oxygens (including phenoxy) is 1. The maximum Gasteiger partial charge on any atom is 0.194 e. The van der Waals surface area contributed by atoms with E-state index in [1.54, 1.807) is 0 Å². The Hall–Kier alpha value is -1.15. The van der Waals surface area contributed by atoms with E-state index in [1.165, 1.54) is 24.8 Å². The summed E-state index contributed by atoms with van der Waals surface area (Å²) in [6.07, 6.45) is 3.83. The minimum absolute atomic E-state index is 0.0746. The quantitative estimate of drug-likeness (QED) is 0.735. The van der Waals surface area contributed by atoms with Crippen LogP contribution in [-0.4, -0.2) is 18.0 Å². The van der Waals surface area contributed by atoms with Crippen LogP contribution in [0.3, 0.4) is 0 Å². The van der Waals surface area contributed by atoms with Gasteiger partial charge < -0.3 is 4.74 Å². The topological polar surface area (TPSA) is 26.3 Å². The molecule has 1 aliphatic carbocycles. The highest BCUT2D eigenvalue weighted by molar-refractivity contribution is 6.02. The summed E-state index contributed by atoms with van der Waals surface area (Å²) in [6, 6.07) is 8.06. The number of ketones is 1. The van der Waals surface area contributed by atoms with Crippen molar-refractivity contribution in [3.05, 3.63) is 35.4 Å². The molecular weight excluding hydrogens is 224 g/mol. The van der Waals surface area contributed by atoms with Gasteiger partial charge in [0, 0.05) is 12.2 Å². The van der Waals surface area contributed by atoms with Crippen molar-refractivity contribution in [2.75, 3.05) is 6.61 Å². The Morgan fingerprint density at radius 1 is 1.39 bits per heavy atom. The third kappa shape index (κ3) is 2.64. The van der Waals surface area contributed by atoms with Crippen molar-refractivity contribution in [3.63, 3.8) is 0 Å². The molecule has 0 N–H and O–H groups in total. The highest BCUT2D eigenvalue weighted by atomic mass is 16.5. The van der Waals surface area contributed by atoms with E-state index in [-0.39, 0.29) is 5.78 Å². The maximum atomic E-state index is 12.4. The molecule has 0 saturated heterocycles. The van der Waals surface area contributed by atoms with Gasteiger partial charge in [0.1, 0.15) is 5.60 Å². The minimum Gasteiger partial charge on any atom is -0.368 e. The second-order valence-electron chi connectivity index (χ2n) is 5.53. The van der Waals surface area contributed by atoms with E-state index in [0.717, 1.165) is 5.56 Å². The molecule has 1 fully saturated rings. The van der Waals surface area contributed by atoms with E-state index in [2.05, 4.69) is 6.07 Å². The summed E-state index contributed by atoms with van der Waals surface area (Å²) in [4.78, 5) is 12.4. The van der Waals surface area contributed by atoms with Crippen LogP contribution >= 0.6 is 0 Å². The Bertz CT molecular complexity index is 430. The third-order valence-corrected chi connectivity index (χ3v) is 3.78. The molecule has 18 heavy (non-hydrogen) atoms. The molecule has 0 spiro atoms. The smallest absolute Gasteiger partial charge is 0.194 e. The Morgan fingerprint density at radius 2 is 2.11 bits per heavy atom. The van der Waals surface area contributed by atoms with Gasteiger partial charge in [-0.15, -0.1) is 0 Å². The molecule has 1 aromatic rings. The highest BCUT2D eigenvalue weighted by Gasteiger charge is 2.29. The molecule has 0 heterocycles. The van der Waals surface area contributed by atoms with Crippen LogP contribution in [0.1, 0.15) is 61.9 Å². The van der Waals surface area contributed by atoms with E-state index >= 15 is 0 Å². The van der Waals surface area contributed by atoms with E-state index in [4.69, 9.17) is 4.74 Å². The van der Waals surface area contributed by atoms with E-state index in [0.29, 0.717) is 12.5 Å². The molecule has 2 rings (SSSR count). The molecule has 1 aromatic carbocycles. The second kappa shape index (κ2) is 5.23. The first-order valence-electron chi connectivity index (χ1n) is 6.83.